The van der Waals surface area contributed by atoms with Gasteiger partial charge in [0.1, 0.15) is 5.75 Å². The van der Waals surface area contributed by atoms with Gasteiger partial charge in [-0.2, -0.15) is 0 Å². The standard InChI is InChI=1S/C17H17NO2S/c1-12-17(19)18(11-13-6-4-3-5-7-13)15-9-8-14(20-2)10-16(15)21-12/h3-10,12H,11H2,1-2H3. The van der Waals surface area contributed by atoms with Crippen molar-refractivity contribution in [3.8, 4) is 5.75 Å². The molecule has 0 aliphatic carbocycles. The lowest BCUT2D eigenvalue weighted by Gasteiger charge is -2.32. The molecule has 1 heterocycles. The van der Waals surface area contributed by atoms with Crippen LogP contribution in [0.5, 0.6) is 5.75 Å². The predicted molar refractivity (Wildman–Crippen MR) is 85.9 cm³/mol. The van der Waals surface area contributed by atoms with E-state index in [1.165, 1.54) is 0 Å². The molecule has 3 nitrogen and oxygen atoms in total. The van der Waals surface area contributed by atoms with Crippen molar-refractivity contribution in [1.29, 1.82) is 0 Å². The van der Waals surface area contributed by atoms with Crippen LogP contribution in [-0.2, 0) is 11.3 Å². The first-order valence-electron chi connectivity index (χ1n) is 6.89. The van der Waals surface area contributed by atoms with Crippen LogP contribution >= 0.6 is 11.8 Å². The maximum Gasteiger partial charge on any atom is 0.240 e. The van der Waals surface area contributed by atoms with E-state index in [2.05, 4.69) is 0 Å². The van der Waals surface area contributed by atoms with E-state index in [0.717, 1.165) is 21.9 Å². The summed E-state index contributed by atoms with van der Waals surface area (Å²) in [5.41, 5.74) is 2.10. The monoisotopic (exact) mass is 299 g/mol. The van der Waals surface area contributed by atoms with Crippen molar-refractivity contribution in [2.75, 3.05) is 12.0 Å². The Morgan fingerprint density at radius 1 is 1.19 bits per heavy atom. The summed E-state index contributed by atoms with van der Waals surface area (Å²) >= 11 is 1.59. The van der Waals surface area contributed by atoms with Crippen molar-refractivity contribution in [3.05, 3.63) is 54.1 Å². The second-order valence-electron chi connectivity index (χ2n) is 5.00. The number of hydrogen-bond acceptors (Lipinski definition) is 3. The zero-order chi connectivity index (χ0) is 14.8. The average molecular weight is 299 g/mol. The van der Waals surface area contributed by atoms with E-state index in [9.17, 15) is 4.79 Å². The molecule has 1 atom stereocenters. The lowest BCUT2D eigenvalue weighted by atomic mass is 10.1. The molecule has 0 radical (unpaired) electrons. The molecule has 0 saturated carbocycles. The highest BCUT2D eigenvalue weighted by molar-refractivity contribution is 8.01. The van der Waals surface area contributed by atoms with Gasteiger partial charge in [-0.25, -0.2) is 0 Å². The Balaban J connectivity index is 1.98. The van der Waals surface area contributed by atoms with Gasteiger partial charge in [0.15, 0.2) is 0 Å². The molecule has 2 aromatic carbocycles. The van der Waals surface area contributed by atoms with Gasteiger partial charge in [0.25, 0.3) is 0 Å². The maximum absolute atomic E-state index is 12.5. The first-order chi connectivity index (χ1) is 10.2. The molecule has 1 amide bonds. The summed E-state index contributed by atoms with van der Waals surface area (Å²) in [4.78, 5) is 15.5. The van der Waals surface area contributed by atoms with Gasteiger partial charge in [-0.15, -0.1) is 11.8 Å². The molecule has 3 rings (SSSR count). The fraction of sp³-hybridized carbons (Fsp3) is 0.235. The Hall–Kier alpha value is -1.94. The van der Waals surface area contributed by atoms with Gasteiger partial charge in [-0.05, 0) is 30.7 Å². The van der Waals surface area contributed by atoms with E-state index in [0.29, 0.717) is 6.54 Å². The van der Waals surface area contributed by atoms with Crippen LogP contribution < -0.4 is 9.64 Å². The van der Waals surface area contributed by atoms with E-state index in [-0.39, 0.29) is 11.2 Å². The van der Waals surface area contributed by atoms with Crippen LogP contribution in [0.2, 0.25) is 0 Å². The molecule has 0 N–H and O–H groups in total. The van der Waals surface area contributed by atoms with Gasteiger partial charge in [-0.3, -0.25) is 4.79 Å². The molecular formula is C17H17NO2S. The molecule has 1 aliphatic rings. The topological polar surface area (TPSA) is 29.5 Å². The minimum absolute atomic E-state index is 0.0756. The van der Waals surface area contributed by atoms with Crippen molar-refractivity contribution < 1.29 is 9.53 Å². The number of thioether (sulfide) groups is 1. The van der Waals surface area contributed by atoms with Gasteiger partial charge in [-0.1, -0.05) is 30.3 Å². The summed E-state index contributed by atoms with van der Waals surface area (Å²) in [5, 5.41) is -0.0756. The molecule has 0 aromatic heterocycles. The zero-order valence-electron chi connectivity index (χ0n) is 12.1. The smallest absolute Gasteiger partial charge is 0.240 e. The number of hydrogen-bond donors (Lipinski definition) is 0. The lowest BCUT2D eigenvalue weighted by Crippen LogP contribution is -2.39. The van der Waals surface area contributed by atoms with Gasteiger partial charge in [0.05, 0.1) is 24.6 Å². The molecule has 21 heavy (non-hydrogen) atoms. The summed E-state index contributed by atoms with van der Waals surface area (Å²) in [6.45, 7) is 2.55. The Kier molecular flexibility index (Phi) is 3.88. The number of nitrogens with zero attached hydrogens (tertiary/aromatic N) is 1. The minimum atomic E-state index is -0.0756. The highest BCUT2D eigenvalue weighted by Crippen LogP contribution is 2.41. The molecule has 1 unspecified atom stereocenters. The second-order valence-corrected chi connectivity index (χ2v) is 6.39. The van der Waals surface area contributed by atoms with E-state index in [1.54, 1.807) is 18.9 Å². The molecular weight excluding hydrogens is 282 g/mol. The van der Waals surface area contributed by atoms with Crippen LogP contribution in [0.15, 0.2) is 53.4 Å². The highest BCUT2D eigenvalue weighted by Gasteiger charge is 2.30. The second kappa shape index (κ2) is 5.82. The summed E-state index contributed by atoms with van der Waals surface area (Å²) < 4.78 is 5.28. The third-order valence-corrected chi connectivity index (χ3v) is 4.69. The number of anilines is 1. The zero-order valence-corrected chi connectivity index (χ0v) is 12.9. The molecule has 0 spiro atoms. The van der Waals surface area contributed by atoms with Crippen LogP contribution in [0.25, 0.3) is 0 Å². The van der Waals surface area contributed by atoms with Gasteiger partial charge >= 0.3 is 0 Å². The summed E-state index contributed by atoms with van der Waals surface area (Å²) in [6.07, 6.45) is 0. The Labute approximate surface area is 128 Å². The highest BCUT2D eigenvalue weighted by atomic mass is 32.2. The molecule has 0 bridgehead atoms. The van der Waals surface area contributed by atoms with Crippen LogP contribution in [0.3, 0.4) is 0 Å². The fourth-order valence-electron chi connectivity index (χ4n) is 2.45. The minimum Gasteiger partial charge on any atom is -0.497 e. The van der Waals surface area contributed by atoms with E-state index < -0.39 is 0 Å². The van der Waals surface area contributed by atoms with E-state index >= 15 is 0 Å². The van der Waals surface area contributed by atoms with Gasteiger partial charge in [0, 0.05) is 4.90 Å². The molecule has 0 fully saturated rings. The SMILES string of the molecule is COc1ccc2c(c1)SC(C)C(=O)N2Cc1ccccc1. The number of carbonyl (C=O) groups excluding carboxylic acids is 1. The van der Waals surface area contributed by atoms with Crippen LogP contribution in [0.1, 0.15) is 12.5 Å². The van der Waals surface area contributed by atoms with Gasteiger partial charge in [0.2, 0.25) is 5.91 Å². The third-order valence-electron chi connectivity index (χ3n) is 3.56. The largest absolute Gasteiger partial charge is 0.497 e. The Morgan fingerprint density at radius 3 is 2.67 bits per heavy atom. The van der Waals surface area contributed by atoms with Gasteiger partial charge < -0.3 is 9.64 Å². The summed E-state index contributed by atoms with van der Waals surface area (Å²) in [5.74, 6) is 0.976. The van der Waals surface area contributed by atoms with E-state index in [4.69, 9.17) is 4.74 Å². The molecule has 2 aromatic rings. The normalized spacial score (nSPS) is 17.5. The first-order valence-corrected chi connectivity index (χ1v) is 7.77. The first kappa shape index (κ1) is 14.0. The average Bonchev–Trinajstić information content (AvgIpc) is 2.52. The number of ether oxygens (including phenoxy) is 1. The summed E-state index contributed by atoms with van der Waals surface area (Å²) in [6, 6.07) is 15.9. The number of rotatable bonds is 3. The molecule has 1 aliphatic heterocycles. The number of amides is 1. The number of fused-ring (bicyclic) bond motifs is 1. The van der Waals surface area contributed by atoms with Crippen molar-refractivity contribution in [2.24, 2.45) is 0 Å². The van der Waals surface area contributed by atoms with E-state index in [1.807, 2.05) is 60.4 Å². The number of carbonyl (C=O) groups is 1. The van der Waals surface area contributed by atoms with Crippen molar-refractivity contribution in [3.63, 3.8) is 0 Å². The predicted octanol–water partition coefficient (Wildman–Crippen LogP) is 3.72. The Bertz CT molecular complexity index is 657. The molecule has 108 valence electrons. The van der Waals surface area contributed by atoms with Crippen molar-refractivity contribution in [2.45, 2.75) is 23.6 Å². The lowest BCUT2D eigenvalue weighted by molar-refractivity contribution is -0.118. The van der Waals surface area contributed by atoms with Crippen LogP contribution in [0.4, 0.5) is 5.69 Å². The number of methoxy groups -OCH3 is 1. The van der Waals surface area contributed by atoms with Crippen molar-refractivity contribution >= 4 is 23.4 Å². The molecule has 0 saturated heterocycles. The quantitative estimate of drug-likeness (QED) is 0.865. The third kappa shape index (κ3) is 2.76. The number of benzene rings is 2. The van der Waals surface area contributed by atoms with Crippen LogP contribution in [-0.4, -0.2) is 18.3 Å². The molecule has 4 heteroatoms. The summed E-state index contributed by atoms with van der Waals surface area (Å²) in [7, 11) is 1.66. The Morgan fingerprint density at radius 2 is 1.95 bits per heavy atom. The maximum atomic E-state index is 12.5. The fourth-order valence-corrected chi connectivity index (χ4v) is 3.54. The van der Waals surface area contributed by atoms with Crippen LogP contribution in [0, 0.1) is 0 Å². The van der Waals surface area contributed by atoms with Crippen molar-refractivity contribution in [1.82, 2.24) is 0 Å².